The molecule has 0 radical (unpaired) electrons. The summed E-state index contributed by atoms with van der Waals surface area (Å²) < 4.78 is 5.26. The van der Waals surface area contributed by atoms with E-state index in [-0.39, 0.29) is 5.91 Å². The van der Waals surface area contributed by atoms with Crippen LogP contribution in [-0.4, -0.2) is 55.1 Å². The number of aromatic nitrogens is 2. The highest BCUT2D eigenvalue weighted by Gasteiger charge is 2.09. The van der Waals surface area contributed by atoms with Crippen LogP contribution in [0.2, 0.25) is 5.02 Å². The van der Waals surface area contributed by atoms with Gasteiger partial charge in [-0.3, -0.25) is 4.79 Å². The lowest BCUT2D eigenvalue weighted by Crippen LogP contribution is -2.27. The van der Waals surface area contributed by atoms with Crippen molar-refractivity contribution in [3.63, 3.8) is 0 Å². The van der Waals surface area contributed by atoms with Gasteiger partial charge in [-0.15, -0.1) is 0 Å². The van der Waals surface area contributed by atoms with Gasteiger partial charge in [-0.05, 0) is 45.3 Å². The largest absolute Gasteiger partial charge is 0.495 e. The highest BCUT2D eigenvalue weighted by molar-refractivity contribution is 6.31. The second-order valence-electron chi connectivity index (χ2n) is 5.68. The summed E-state index contributed by atoms with van der Waals surface area (Å²) >= 11 is 5.99. The molecule has 0 fully saturated rings. The Balaban J connectivity index is 1.96. The molecule has 2 N–H and O–H groups in total. The van der Waals surface area contributed by atoms with E-state index in [0.29, 0.717) is 34.5 Å². The molecule has 0 aliphatic heterocycles. The van der Waals surface area contributed by atoms with Crippen LogP contribution in [0, 0.1) is 0 Å². The lowest BCUT2D eigenvalue weighted by atomic mass is 10.3. The maximum Gasteiger partial charge on any atom is 0.254 e. The van der Waals surface area contributed by atoms with Crippen LogP contribution in [0.3, 0.4) is 0 Å². The summed E-state index contributed by atoms with van der Waals surface area (Å²) in [5.74, 6) is 0.783. The fraction of sp³-hybridized carbons (Fsp3) is 0.353. The molecule has 1 aromatic carbocycles. The third kappa shape index (κ3) is 5.88. The molecular formula is C17H22ClN5O2. The van der Waals surface area contributed by atoms with Crippen molar-refractivity contribution in [2.45, 2.75) is 6.42 Å². The number of benzene rings is 1. The Labute approximate surface area is 152 Å². The van der Waals surface area contributed by atoms with Gasteiger partial charge in [0.15, 0.2) is 0 Å². The van der Waals surface area contributed by atoms with Crippen LogP contribution in [0.15, 0.2) is 30.6 Å². The molecule has 134 valence electrons. The molecule has 0 saturated heterocycles. The third-order valence-electron chi connectivity index (χ3n) is 3.39. The van der Waals surface area contributed by atoms with Gasteiger partial charge in [0.1, 0.15) is 5.75 Å². The Morgan fingerprint density at radius 1 is 1.28 bits per heavy atom. The fourth-order valence-corrected chi connectivity index (χ4v) is 2.28. The molecule has 1 amide bonds. The van der Waals surface area contributed by atoms with E-state index >= 15 is 0 Å². The molecule has 1 aromatic heterocycles. The average Bonchev–Trinajstić information content (AvgIpc) is 2.59. The topological polar surface area (TPSA) is 79.4 Å². The maximum atomic E-state index is 12.0. The van der Waals surface area contributed by atoms with E-state index < -0.39 is 0 Å². The van der Waals surface area contributed by atoms with Crippen LogP contribution in [0.5, 0.6) is 5.75 Å². The Hall–Kier alpha value is -2.38. The van der Waals surface area contributed by atoms with Gasteiger partial charge in [0, 0.05) is 24.0 Å². The van der Waals surface area contributed by atoms with E-state index in [2.05, 4.69) is 25.5 Å². The zero-order chi connectivity index (χ0) is 18.2. The highest BCUT2D eigenvalue weighted by atomic mass is 35.5. The van der Waals surface area contributed by atoms with Crippen molar-refractivity contribution in [2.75, 3.05) is 39.6 Å². The first kappa shape index (κ1) is 19.0. The van der Waals surface area contributed by atoms with E-state index in [1.165, 1.54) is 12.4 Å². The smallest absolute Gasteiger partial charge is 0.254 e. The number of ether oxygens (including phenoxy) is 1. The van der Waals surface area contributed by atoms with Crippen molar-refractivity contribution in [3.8, 4) is 5.75 Å². The Morgan fingerprint density at radius 2 is 2.00 bits per heavy atom. The quantitative estimate of drug-likeness (QED) is 0.702. The first-order valence-corrected chi connectivity index (χ1v) is 8.23. The molecular weight excluding hydrogens is 342 g/mol. The molecule has 0 aliphatic carbocycles. The Kier molecular flexibility index (Phi) is 6.97. The molecule has 7 nitrogen and oxygen atoms in total. The van der Waals surface area contributed by atoms with Crippen LogP contribution in [-0.2, 0) is 0 Å². The molecule has 0 spiro atoms. The van der Waals surface area contributed by atoms with E-state index in [1.807, 2.05) is 14.1 Å². The van der Waals surface area contributed by atoms with Crippen molar-refractivity contribution in [3.05, 3.63) is 41.2 Å². The molecule has 0 saturated carbocycles. The van der Waals surface area contributed by atoms with E-state index in [0.717, 1.165) is 13.0 Å². The normalized spacial score (nSPS) is 10.6. The number of rotatable bonds is 8. The summed E-state index contributed by atoms with van der Waals surface area (Å²) in [4.78, 5) is 22.4. The number of amides is 1. The minimum absolute atomic E-state index is 0.189. The van der Waals surface area contributed by atoms with E-state index in [4.69, 9.17) is 16.3 Å². The number of halogens is 1. The Morgan fingerprint density at radius 3 is 2.64 bits per heavy atom. The maximum absolute atomic E-state index is 12.0. The van der Waals surface area contributed by atoms with Crippen molar-refractivity contribution in [1.29, 1.82) is 0 Å². The second-order valence-corrected chi connectivity index (χ2v) is 6.11. The summed E-state index contributed by atoms with van der Waals surface area (Å²) in [6.07, 6.45) is 3.84. The standard InChI is InChI=1S/C17H22ClN5O2/c1-23(2)8-4-7-19-16(24)12-10-20-17(21-11-12)22-14-9-13(18)5-6-15(14)25-3/h5-6,9-11H,4,7-8H2,1-3H3,(H,19,24)(H,20,21,22). The molecule has 2 rings (SSSR count). The minimum atomic E-state index is -0.189. The first-order chi connectivity index (χ1) is 12.0. The van der Waals surface area contributed by atoms with Crippen LogP contribution in [0.1, 0.15) is 16.8 Å². The van der Waals surface area contributed by atoms with Crippen LogP contribution in [0.25, 0.3) is 0 Å². The fourth-order valence-electron chi connectivity index (χ4n) is 2.11. The summed E-state index contributed by atoms with van der Waals surface area (Å²) in [5, 5.41) is 6.44. The van der Waals surface area contributed by atoms with Crippen molar-refractivity contribution < 1.29 is 9.53 Å². The van der Waals surface area contributed by atoms with Gasteiger partial charge in [-0.1, -0.05) is 11.6 Å². The second kappa shape index (κ2) is 9.19. The molecule has 0 bridgehead atoms. The van der Waals surface area contributed by atoms with Gasteiger partial charge in [-0.2, -0.15) is 0 Å². The molecule has 25 heavy (non-hydrogen) atoms. The van der Waals surface area contributed by atoms with Crippen LogP contribution in [0.4, 0.5) is 11.6 Å². The van der Waals surface area contributed by atoms with Crippen molar-refractivity contribution in [2.24, 2.45) is 0 Å². The number of hydrogen-bond acceptors (Lipinski definition) is 6. The number of anilines is 2. The molecule has 8 heteroatoms. The SMILES string of the molecule is COc1ccc(Cl)cc1Nc1ncc(C(=O)NCCCN(C)C)cn1. The summed E-state index contributed by atoms with van der Waals surface area (Å²) in [6, 6.07) is 5.20. The molecule has 0 aliphatic rings. The Bertz CT molecular complexity index is 707. The number of nitrogens with zero attached hydrogens (tertiary/aromatic N) is 3. The van der Waals surface area contributed by atoms with Crippen LogP contribution < -0.4 is 15.4 Å². The molecule has 0 atom stereocenters. The molecule has 1 heterocycles. The summed E-state index contributed by atoms with van der Waals surface area (Å²) in [6.45, 7) is 1.53. The number of carbonyl (C=O) groups excluding carboxylic acids is 1. The number of carbonyl (C=O) groups is 1. The third-order valence-corrected chi connectivity index (χ3v) is 3.62. The summed E-state index contributed by atoms with van der Waals surface area (Å²) in [7, 11) is 5.56. The molecule has 0 unspecified atom stereocenters. The monoisotopic (exact) mass is 363 g/mol. The summed E-state index contributed by atoms with van der Waals surface area (Å²) in [5.41, 5.74) is 1.06. The lowest BCUT2D eigenvalue weighted by molar-refractivity contribution is 0.0951. The van der Waals surface area contributed by atoms with Gasteiger partial charge >= 0.3 is 0 Å². The van der Waals surface area contributed by atoms with Crippen LogP contribution >= 0.6 is 11.6 Å². The first-order valence-electron chi connectivity index (χ1n) is 7.85. The zero-order valence-electron chi connectivity index (χ0n) is 14.5. The number of nitrogens with one attached hydrogen (secondary N) is 2. The lowest BCUT2D eigenvalue weighted by Gasteiger charge is -2.11. The minimum Gasteiger partial charge on any atom is -0.495 e. The average molecular weight is 364 g/mol. The van der Waals surface area contributed by atoms with Gasteiger partial charge in [0.25, 0.3) is 5.91 Å². The highest BCUT2D eigenvalue weighted by Crippen LogP contribution is 2.29. The van der Waals surface area contributed by atoms with Crippen molar-refractivity contribution in [1.82, 2.24) is 20.2 Å². The number of methoxy groups -OCH3 is 1. The van der Waals surface area contributed by atoms with E-state index in [1.54, 1.807) is 25.3 Å². The van der Waals surface area contributed by atoms with Gasteiger partial charge in [-0.25, -0.2) is 9.97 Å². The number of hydrogen-bond donors (Lipinski definition) is 2. The zero-order valence-corrected chi connectivity index (χ0v) is 15.3. The predicted octanol–water partition coefficient (Wildman–Crippen LogP) is 2.56. The molecule has 2 aromatic rings. The predicted molar refractivity (Wildman–Crippen MR) is 98.8 cm³/mol. The van der Waals surface area contributed by atoms with Gasteiger partial charge < -0.3 is 20.3 Å². The van der Waals surface area contributed by atoms with Gasteiger partial charge in [0.2, 0.25) is 5.95 Å². The van der Waals surface area contributed by atoms with Crippen molar-refractivity contribution >= 4 is 29.1 Å². The van der Waals surface area contributed by atoms with Gasteiger partial charge in [0.05, 0.1) is 18.4 Å². The van der Waals surface area contributed by atoms with E-state index in [9.17, 15) is 4.79 Å².